The number of likely N-dealkylation sites (N-methyl/N-ethyl adjacent to an activating group) is 1. The maximum atomic E-state index is 13.0. The van der Waals surface area contributed by atoms with E-state index < -0.39 is 20.0 Å². The largest absolute Gasteiger partial charge is 0.472 e. The van der Waals surface area contributed by atoms with Gasteiger partial charge in [0.15, 0.2) is 0 Å². The van der Waals surface area contributed by atoms with E-state index in [2.05, 4.69) is 141 Å². The standard InChI is InChI=1S/C73H127N2O6P/c1-6-8-10-12-14-16-18-20-22-24-26-28-30-32-34-35-36-37-38-39-41-43-45-47-49-51-53-55-57-59-61-63-65-67-73(77)74-71(70-81-82(78,79)80-69-68-75(3,4)5)72(76)66-64-62-60-58-56-54-52-50-48-46-44-42-40-33-31-29-27-25-23-21-19-17-15-13-11-9-7-2/h8,10,14,16,20,22,26,28,32,34,36-37,39,41,45,47,51,53,56,58,64,66,71-72,76H,6-7,9,11-13,15,17-19,21,23-25,27,29-31,33,35,38,40,42-44,46,48-50,52,54-55,57,59-63,65,67-70H2,1-5H3,(H-,74,77,78,79)/p+1/b10-8-,16-14-,22-20-,28-26-,34-32-,37-36-,41-39-,47-45-,53-51-,58-56+,66-64+. The number of unbranched alkanes of at least 4 members (excludes halogenated alkanes) is 27. The molecule has 0 saturated heterocycles. The van der Waals surface area contributed by atoms with E-state index in [9.17, 15) is 19.4 Å². The Bertz CT molecular complexity index is 1800. The zero-order chi connectivity index (χ0) is 59.8. The van der Waals surface area contributed by atoms with E-state index in [0.29, 0.717) is 17.4 Å². The Morgan fingerprint density at radius 2 is 0.744 bits per heavy atom. The summed E-state index contributed by atoms with van der Waals surface area (Å²) in [7, 11) is 1.53. The molecule has 3 unspecified atom stereocenters. The molecule has 9 heteroatoms. The van der Waals surface area contributed by atoms with Gasteiger partial charge in [-0.15, -0.1) is 0 Å². The van der Waals surface area contributed by atoms with E-state index in [-0.39, 0.29) is 19.1 Å². The van der Waals surface area contributed by atoms with Crippen molar-refractivity contribution >= 4 is 13.7 Å². The summed E-state index contributed by atoms with van der Waals surface area (Å²) in [5.41, 5.74) is 0. The van der Waals surface area contributed by atoms with Gasteiger partial charge in [0.05, 0.1) is 39.9 Å². The fourth-order valence-corrected chi connectivity index (χ4v) is 9.91. The third kappa shape index (κ3) is 64.2. The van der Waals surface area contributed by atoms with Crippen LogP contribution in [-0.2, 0) is 18.4 Å². The summed E-state index contributed by atoms with van der Waals surface area (Å²) < 4.78 is 23.8. The van der Waals surface area contributed by atoms with Crippen molar-refractivity contribution < 1.29 is 32.9 Å². The third-order valence-corrected chi connectivity index (χ3v) is 15.3. The van der Waals surface area contributed by atoms with Crippen molar-refractivity contribution in [3.8, 4) is 0 Å². The molecule has 0 rings (SSSR count). The van der Waals surface area contributed by atoms with E-state index in [0.717, 1.165) is 116 Å². The number of rotatable bonds is 60. The van der Waals surface area contributed by atoms with E-state index in [1.54, 1.807) is 6.08 Å². The van der Waals surface area contributed by atoms with Gasteiger partial charge in [-0.25, -0.2) is 4.57 Å². The summed E-state index contributed by atoms with van der Waals surface area (Å²) in [6.45, 7) is 4.67. The highest BCUT2D eigenvalue weighted by atomic mass is 31.2. The number of amides is 1. The highest BCUT2D eigenvalue weighted by Crippen LogP contribution is 2.43. The van der Waals surface area contributed by atoms with Crippen molar-refractivity contribution in [2.75, 3.05) is 40.9 Å². The van der Waals surface area contributed by atoms with Crippen LogP contribution in [0, 0.1) is 0 Å². The second-order valence-corrected chi connectivity index (χ2v) is 24.9. The molecule has 0 aliphatic carbocycles. The van der Waals surface area contributed by atoms with Crippen LogP contribution in [-0.4, -0.2) is 73.4 Å². The minimum absolute atomic E-state index is 0.0449. The molecule has 0 aromatic heterocycles. The second kappa shape index (κ2) is 62.2. The van der Waals surface area contributed by atoms with Crippen LogP contribution in [0.2, 0.25) is 0 Å². The van der Waals surface area contributed by atoms with Gasteiger partial charge in [-0.2, -0.15) is 0 Å². The molecule has 0 aromatic carbocycles. The first-order valence-corrected chi connectivity index (χ1v) is 35.1. The first kappa shape index (κ1) is 78.6. The normalized spacial score (nSPS) is 14.6. The monoisotopic (exact) mass is 1160 g/mol. The van der Waals surface area contributed by atoms with Gasteiger partial charge in [-0.1, -0.05) is 295 Å². The number of carbonyl (C=O) groups is 1. The Balaban J connectivity index is 4.26. The van der Waals surface area contributed by atoms with Crippen molar-refractivity contribution in [2.24, 2.45) is 0 Å². The number of phosphoric acid groups is 1. The molecule has 0 spiro atoms. The molecular formula is C73H128N2O6P+. The minimum atomic E-state index is -4.38. The van der Waals surface area contributed by atoms with Crippen molar-refractivity contribution in [3.05, 3.63) is 134 Å². The average molecular weight is 1160 g/mol. The molecule has 3 N–H and O–H groups in total. The molecule has 1 amide bonds. The highest BCUT2D eigenvalue weighted by Gasteiger charge is 2.27. The Morgan fingerprint density at radius 3 is 1.12 bits per heavy atom. The number of hydrogen-bond donors (Lipinski definition) is 3. The lowest BCUT2D eigenvalue weighted by atomic mass is 10.0. The van der Waals surface area contributed by atoms with Crippen LogP contribution in [0.4, 0.5) is 0 Å². The summed E-state index contributed by atoms with van der Waals surface area (Å²) in [6, 6.07) is -0.886. The van der Waals surface area contributed by atoms with Crippen molar-refractivity contribution in [3.63, 3.8) is 0 Å². The summed E-state index contributed by atoms with van der Waals surface area (Å²) in [5, 5.41) is 14.0. The smallest absolute Gasteiger partial charge is 0.387 e. The number of phosphoric ester groups is 1. The minimum Gasteiger partial charge on any atom is -0.387 e. The summed E-state index contributed by atoms with van der Waals surface area (Å²) >= 11 is 0. The second-order valence-electron chi connectivity index (χ2n) is 23.5. The lowest BCUT2D eigenvalue weighted by Crippen LogP contribution is -2.45. The number of allylic oxidation sites excluding steroid dienone is 21. The van der Waals surface area contributed by atoms with Crippen molar-refractivity contribution in [1.29, 1.82) is 0 Å². The van der Waals surface area contributed by atoms with Crippen LogP contribution in [0.25, 0.3) is 0 Å². The molecule has 0 heterocycles. The number of carbonyl (C=O) groups excluding carboxylic acids is 1. The average Bonchev–Trinajstić information content (AvgIpc) is 3.47. The molecule has 0 aromatic rings. The van der Waals surface area contributed by atoms with Gasteiger partial charge in [-0.05, 0) is 103 Å². The Labute approximate surface area is 506 Å². The number of hydrogen-bond acceptors (Lipinski definition) is 5. The Hall–Kier alpha value is -3.36. The quantitative estimate of drug-likeness (QED) is 0.0243. The van der Waals surface area contributed by atoms with Gasteiger partial charge in [-0.3, -0.25) is 13.8 Å². The first-order valence-electron chi connectivity index (χ1n) is 33.6. The molecule has 0 saturated carbocycles. The Morgan fingerprint density at radius 1 is 0.427 bits per heavy atom. The first-order chi connectivity index (χ1) is 40.0. The van der Waals surface area contributed by atoms with E-state index in [1.807, 2.05) is 27.2 Å². The topological polar surface area (TPSA) is 105 Å². The van der Waals surface area contributed by atoms with E-state index >= 15 is 0 Å². The molecule has 0 radical (unpaired) electrons. The molecule has 8 nitrogen and oxygen atoms in total. The molecule has 0 fully saturated rings. The third-order valence-electron chi connectivity index (χ3n) is 14.4. The lowest BCUT2D eigenvalue weighted by Gasteiger charge is -2.25. The molecule has 3 atom stereocenters. The molecule has 470 valence electrons. The molecule has 0 bridgehead atoms. The Kier molecular flexibility index (Phi) is 59.6. The number of nitrogens with one attached hydrogen (secondary N) is 1. The predicted octanol–water partition coefficient (Wildman–Crippen LogP) is 21.4. The fourth-order valence-electron chi connectivity index (χ4n) is 9.17. The number of aliphatic hydroxyl groups is 1. The van der Waals surface area contributed by atoms with Gasteiger partial charge >= 0.3 is 7.82 Å². The van der Waals surface area contributed by atoms with Crippen LogP contribution in [0.3, 0.4) is 0 Å². The highest BCUT2D eigenvalue weighted by molar-refractivity contribution is 7.47. The van der Waals surface area contributed by atoms with Crippen LogP contribution in [0.15, 0.2) is 134 Å². The van der Waals surface area contributed by atoms with Crippen LogP contribution in [0.5, 0.6) is 0 Å². The van der Waals surface area contributed by atoms with Gasteiger partial charge in [0.1, 0.15) is 13.2 Å². The van der Waals surface area contributed by atoms with E-state index in [1.165, 1.54) is 135 Å². The van der Waals surface area contributed by atoms with Gasteiger partial charge in [0.25, 0.3) is 0 Å². The van der Waals surface area contributed by atoms with Crippen molar-refractivity contribution in [2.45, 2.75) is 283 Å². The van der Waals surface area contributed by atoms with Crippen LogP contribution < -0.4 is 5.32 Å². The van der Waals surface area contributed by atoms with Crippen LogP contribution >= 0.6 is 7.82 Å². The zero-order valence-electron chi connectivity index (χ0n) is 53.7. The lowest BCUT2D eigenvalue weighted by molar-refractivity contribution is -0.870. The molecule has 0 aliphatic rings. The molecular weight excluding hydrogens is 1030 g/mol. The summed E-state index contributed by atoms with van der Waals surface area (Å²) in [6.07, 6.45) is 94.4. The number of quaternary nitrogens is 1. The number of aliphatic hydroxyl groups excluding tert-OH is 1. The summed E-state index contributed by atoms with van der Waals surface area (Å²) in [4.78, 5) is 23.4. The summed E-state index contributed by atoms with van der Waals surface area (Å²) in [5.74, 6) is -0.209. The maximum Gasteiger partial charge on any atom is 0.472 e. The fraction of sp³-hybridized carbons (Fsp3) is 0.685. The van der Waals surface area contributed by atoms with Gasteiger partial charge < -0.3 is 19.8 Å². The number of nitrogens with zero attached hydrogens (tertiary/aromatic N) is 1. The zero-order valence-corrected chi connectivity index (χ0v) is 54.6. The van der Waals surface area contributed by atoms with Gasteiger partial charge in [0, 0.05) is 6.42 Å². The maximum absolute atomic E-state index is 13.0. The SMILES string of the molecule is CC/C=C\C/C=C\C/C=C\C/C=C\C/C=C\C/C=C\C/C=C\C/C=C\C/C=C\CCCCCCCC(=O)NC(COP(=O)(O)OCC[N+](C)(C)C)C(O)/C=C/CC/C=C/CCCCCCCCCCCCCCCCCCCCCCC. The predicted molar refractivity (Wildman–Crippen MR) is 359 cm³/mol. The van der Waals surface area contributed by atoms with Crippen molar-refractivity contribution in [1.82, 2.24) is 5.32 Å². The van der Waals surface area contributed by atoms with E-state index in [4.69, 9.17) is 9.05 Å². The molecule has 0 aliphatic heterocycles. The van der Waals surface area contributed by atoms with Gasteiger partial charge in [0.2, 0.25) is 5.91 Å². The van der Waals surface area contributed by atoms with Crippen LogP contribution in [0.1, 0.15) is 271 Å². The molecule has 82 heavy (non-hydrogen) atoms.